The highest BCUT2D eigenvalue weighted by Crippen LogP contribution is 2.18. The van der Waals surface area contributed by atoms with E-state index in [-0.39, 0.29) is 6.04 Å². The normalized spacial score (nSPS) is 16.3. The minimum atomic E-state index is -4.22. The fraction of sp³-hybridized carbons (Fsp3) is 0.529. The van der Waals surface area contributed by atoms with Crippen LogP contribution in [0.3, 0.4) is 0 Å². The van der Waals surface area contributed by atoms with Crippen molar-refractivity contribution in [3.8, 4) is 0 Å². The molecule has 130 valence electrons. The zero-order chi connectivity index (χ0) is 17.3. The highest BCUT2D eigenvalue weighted by atomic mass is 32.2. The van der Waals surface area contributed by atoms with Crippen molar-refractivity contribution in [1.29, 1.82) is 0 Å². The number of quaternary nitrogens is 1. The van der Waals surface area contributed by atoms with Gasteiger partial charge in [0.25, 0.3) is 0 Å². The van der Waals surface area contributed by atoms with Gasteiger partial charge in [-0.3, -0.25) is 4.48 Å². The van der Waals surface area contributed by atoms with Crippen LogP contribution in [0.25, 0.3) is 0 Å². The Morgan fingerprint density at radius 3 is 2.26 bits per heavy atom. The molecule has 1 aliphatic rings. The molecule has 23 heavy (non-hydrogen) atoms. The molecule has 0 saturated heterocycles. The maximum absolute atomic E-state index is 10.2. The minimum absolute atomic E-state index is 0.105. The quantitative estimate of drug-likeness (QED) is 0.509. The molecule has 1 saturated carbocycles. The van der Waals surface area contributed by atoms with Crippen molar-refractivity contribution >= 4 is 16.0 Å². The van der Waals surface area contributed by atoms with E-state index >= 15 is 0 Å². The molecule has 6 heteroatoms. The largest absolute Gasteiger partial charge is 0.735 e. The SMILES string of the molecule is C=CC[N+](C)(C)c1ccccc1.O=S(=O)([O-])NC1CCCCC1. The molecule has 1 fully saturated rings. The molecule has 1 aliphatic carbocycles. The first kappa shape index (κ1) is 19.8. The van der Waals surface area contributed by atoms with Gasteiger partial charge in [-0.2, -0.15) is 0 Å². The molecule has 0 aromatic heterocycles. The molecule has 5 nitrogen and oxygen atoms in total. The number of nitrogens with zero attached hydrogens (tertiary/aromatic N) is 1. The second kappa shape index (κ2) is 9.17. The van der Waals surface area contributed by atoms with E-state index in [1.54, 1.807) is 0 Å². The van der Waals surface area contributed by atoms with Gasteiger partial charge in [-0.1, -0.05) is 44.0 Å². The fourth-order valence-corrected chi connectivity index (χ4v) is 3.33. The summed E-state index contributed by atoms with van der Waals surface area (Å²) >= 11 is 0. The van der Waals surface area contributed by atoms with Crippen LogP contribution in [0.1, 0.15) is 32.1 Å². The van der Waals surface area contributed by atoms with Gasteiger partial charge >= 0.3 is 0 Å². The summed E-state index contributed by atoms with van der Waals surface area (Å²) in [7, 11) is 0.131. The van der Waals surface area contributed by atoms with Crippen molar-refractivity contribution in [3.63, 3.8) is 0 Å². The lowest BCUT2D eigenvalue weighted by Crippen LogP contribution is -2.40. The predicted molar refractivity (Wildman–Crippen MR) is 94.9 cm³/mol. The van der Waals surface area contributed by atoms with Crippen molar-refractivity contribution in [2.75, 3.05) is 20.6 Å². The Bertz CT molecular complexity index is 565. The number of benzene rings is 1. The van der Waals surface area contributed by atoms with Crippen LogP contribution in [-0.2, 0) is 10.3 Å². The highest BCUT2D eigenvalue weighted by molar-refractivity contribution is 7.83. The number of likely N-dealkylation sites (N-methyl/N-ethyl adjacent to an activating group) is 1. The third-order valence-electron chi connectivity index (χ3n) is 3.96. The van der Waals surface area contributed by atoms with Crippen LogP contribution in [0.15, 0.2) is 43.0 Å². The van der Waals surface area contributed by atoms with Gasteiger partial charge in [0.2, 0.25) is 0 Å². The van der Waals surface area contributed by atoms with E-state index in [9.17, 15) is 13.0 Å². The van der Waals surface area contributed by atoms with Gasteiger partial charge in [0.1, 0.15) is 12.2 Å². The van der Waals surface area contributed by atoms with Crippen LogP contribution >= 0.6 is 0 Å². The number of para-hydroxylation sites is 1. The first-order chi connectivity index (χ1) is 10.7. The van der Waals surface area contributed by atoms with E-state index in [0.29, 0.717) is 0 Å². The summed E-state index contributed by atoms with van der Waals surface area (Å²) in [4.78, 5) is 0. The van der Waals surface area contributed by atoms with E-state index in [1.165, 1.54) is 5.69 Å². The van der Waals surface area contributed by atoms with Gasteiger partial charge in [-0.15, -0.1) is 0 Å². The van der Waals surface area contributed by atoms with Crippen LogP contribution < -0.4 is 9.21 Å². The maximum Gasteiger partial charge on any atom is 0.159 e. The smallest absolute Gasteiger partial charge is 0.159 e. The van der Waals surface area contributed by atoms with Crippen molar-refractivity contribution in [2.24, 2.45) is 0 Å². The molecule has 0 spiro atoms. The molecule has 1 aromatic rings. The zero-order valence-electron chi connectivity index (χ0n) is 14.1. The van der Waals surface area contributed by atoms with Crippen molar-refractivity contribution < 1.29 is 13.0 Å². The summed E-state index contributed by atoms with van der Waals surface area (Å²) in [6.45, 7) is 4.72. The summed E-state index contributed by atoms with van der Waals surface area (Å²) in [6, 6.07) is 10.4. The average molecular weight is 340 g/mol. The molecule has 0 heterocycles. The second-order valence-electron chi connectivity index (χ2n) is 6.40. The van der Waals surface area contributed by atoms with E-state index in [4.69, 9.17) is 0 Å². The van der Waals surface area contributed by atoms with Crippen LogP contribution in [-0.4, -0.2) is 39.7 Å². The van der Waals surface area contributed by atoms with Crippen LogP contribution in [0.4, 0.5) is 5.69 Å². The minimum Gasteiger partial charge on any atom is -0.735 e. The first-order valence-electron chi connectivity index (χ1n) is 7.97. The number of hydrogen-bond donors (Lipinski definition) is 1. The van der Waals surface area contributed by atoms with Gasteiger partial charge in [0.05, 0.1) is 14.1 Å². The molecule has 1 N–H and O–H groups in total. The van der Waals surface area contributed by atoms with Crippen LogP contribution in [0.5, 0.6) is 0 Å². The van der Waals surface area contributed by atoms with E-state index in [0.717, 1.165) is 43.1 Å². The Morgan fingerprint density at radius 1 is 1.22 bits per heavy atom. The average Bonchev–Trinajstić information content (AvgIpc) is 2.48. The molecule has 0 unspecified atom stereocenters. The fourth-order valence-electron chi connectivity index (χ4n) is 2.68. The maximum atomic E-state index is 10.2. The molecule has 0 atom stereocenters. The predicted octanol–water partition coefficient (Wildman–Crippen LogP) is 2.81. The third-order valence-corrected chi connectivity index (χ3v) is 4.58. The van der Waals surface area contributed by atoms with Crippen molar-refractivity contribution in [2.45, 2.75) is 38.1 Å². The topological polar surface area (TPSA) is 69.2 Å². The van der Waals surface area contributed by atoms with Gasteiger partial charge in [0, 0.05) is 6.04 Å². The third kappa shape index (κ3) is 8.27. The van der Waals surface area contributed by atoms with Gasteiger partial charge in [-0.05, 0) is 31.1 Å². The Kier molecular flexibility index (Phi) is 7.91. The summed E-state index contributed by atoms with van der Waals surface area (Å²) in [5.41, 5.74) is 1.32. The van der Waals surface area contributed by atoms with Gasteiger partial charge in [0.15, 0.2) is 10.3 Å². The van der Waals surface area contributed by atoms with Crippen molar-refractivity contribution in [1.82, 2.24) is 9.21 Å². The Hall–Kier alpha value is -1.21. The summed E-state index contributed by atoms with van der Waals surface area (Å²) in [6.07, 6.45) is 6.76. The first-order valence-corrected chi connectivity index (χ1v) is 9.38. The molecule has 0 radical (unpaired) electrons. The van der Waals surface area contributed by atoms with Crippen molar-refractivity contribution in [3.05, 3.63) is 43.0 Å². The molecular formula is C17H28N2O3S. The molecule has 2 rings (SSSR count). The standard InChI is InChI=1S/C11H16N.C6H13NO3S/c1-4-10-12(2,3)11-8-6-5-7-9-11;8-11(9,10)7-6-4-2-1-3-5-6/h4-9H,1,10H2,2-3H3;6-7H,1-5H2,(H,8,9,10)/q+1;/p-1. The lowest BCUT2D eigenvalue weighted by Gasteiger charge is -2.27. The molecule has 0 amide bonds. The highest BCUT2D eigenvalue weighted by Gasteiger charge is 2.15. The summed E-state index contributed by atoms with van der Waals surface area (Å²) in [5.74, 6) is 0. The second-order valence-corrected chi connectivity index (χ2v) is 7.54. The molecular weight excluding hydrogens is 312 g/mol. The Labute approximate surface area is 140 Å². The van der Waals surface area contributed by atoms with Crippen LogP contribution in [0, 0.1) is 0 Å². The van der Waals surface area contributed by atoms with E-state index in [1.807, 2.05) is 12.1 Å². The Balaban J connectivity index is 0.000000231. The molecule has 0 aliphatic heterocycles. The van der Waals surface area contributed by atoms with Gasteiger partial charge < -0.3 is 4.55 Å². The lowest BCUT2D eigenvalue weighted by atomic mass is 9.96. The molecule has 1 aromatic carbocycles. The zero-order valence-corrected chi connectivity index (χ0v) is 14.9. The van der Waals surface area contributed by atoms with Gasteiger partial charge in [-0.25, -0.2) is 13.1 Å². The van der Waals surface area contributed by atoms with E-state index < -0.39 is 10.3 Å². The van der Waals surface area contributed by atoms with E-state index in [2.05, 4.69) is 49.7 Å². The number of rotatable bonds is 5. The number of nitrogens with one attached hydrogen (secondary N) is 1. The Morgan fingerprint density at radius 2 is 1.78 bits per heavy atom. The molecule has 0 bridgehead atoms. The number of hydrogen-bond acceptors (Lipinski definition) is 3. The lowest BCUT2D eigenvalue weighted by molar-refractivity contribution is 0.382. The monoisotopic (exact) mass is 340 g/mol. The summed E-state index contributed by atoms with van der Waals surface area (Å²) < 4.78 is 33.6. The van der Waals surface area contributed by atoms with Crippen LogP contribution in [0.2, 0.25) is 0 Å². The summed E-state index contributed by atoms with van der Waals surface area (Å²) in [5, 5.41) is 0.